The summed E-state index contributed by atoms with van der Waals surface area (Å²) < 4.78 is 16.1. The zero-order valence-electron chi connectivity index (χ0n) is 13.5. The van der Waals surface area contributed by atoms with Gasteiger partial charge in [0.2, 0.25) is 0 Å². The third-order valence-corrected chi connectivity index (χ3v) is 3.73. The number of carbonyl (C=O) groups is 1. The van der Waals surface area contributed by atoms with E-state index in [4.69, 9.17) is 14.2 Å². The number of hydrogen-bond acceptors (Lipinski definition) is 5. The number of aromatic hydroxyl groups is 1. The van der Waals surface area contributed by atoms with E-state index < -0.39 is 0 Å². The first-order valence-electron chi connectivity index (χ1n) is 7.64. The number of carbonyl (C=O) groups excluding carboxylic acids is 1. The summed E-state index contributed by atoms with van der Waals surface area (Å²) in [7, 11) is 1.49. The van der Waals surface area contributed by atoms with Crippen molar-refractivity contribution in [3.05, 3.63) is 53.1 Å². The number of Topliss-reactive ketones (excluding diaryl/α,β-unsaturated/α-hetero) is 1. The zero-order valence-corrected chi connectivity index (χ0v) is 13.5. The Balaban J connectivity index is 1.89. The molecule has 24 heavy (non-hydrogen) atoms. The Labute approximate surface area is 140 Å². The third-order valence-electron chi connectivity index (χ3n) is 3.73. The van der Waals surface area contributed by atoms with Crippen LogP contribution in [-0.2, 0) is 0 Å². The van der Waals surface area contributed by atoms with Crippen LogP contribution in [0.3, 0.4) is 0 Å². The van der Waals surface area contributed by atoms with Gasteiger partial charge in [-0.25, -0.2) is 0 Å². The Hall–Kier alpha value is -2.95. The number of hydrogen-bond donors (Lipinski definition) is 1. The maximum atomic E-state index is 12.6. The predicted molar refractivity (Wildman–Crippen MR) is 90.1 cm³/mol. The number of methoxy groups -OCH3 is 1. The summed E-state index contributed by atoms with van der Waals surface area (Å²) in [4.78, 5) is 12.6. The molecule has 0 aliphatic carbocycles. The number of phenols is 1. The molecule has 0 saturated carbocycles. The molecule has 0 amide bonds. The molecule has 1 aliphatic heterocycles. The molecule has 0 radical (unpaired) electrons. The molecule has 2 aromatic carbocycles. The molecule has 5 nitrogen and oxygen atoms in total. The molecule has 0 saturated heterocycles. The van der Waals surface area contributed by atoms with Crippen LogP contribution in [0.25, 0.3) is 6.08 Å². The zero-order chi connectivity index (χ0) is 17.1. The first kappa shape index (κ1) is 15.9. The fraction of sp³-hybridized carbons (Fsp3) is 0.211. The van der Waals surface area contributed by atoms with Crippen LogP contribution >= 0.6 is 0 Å². The summed E-state index contributed by atoms with van der Waals surface area (Å²) in [6, 6.07) is 10.2. The monoisotopic (exact) mass is 326 g/mol. The molecular formula is C19H18O5. The van der Waals surface area contributed by atoms with Crippen LogP contribution in [0.5, 0.6) is 23.0 Å². The van der Waals surface area contributed by atoms with E-state index in [1.807, 2.05) is 6.92 Å². The van der Waals surface area contributed by atoms with Gasteiger partial charge >= 0.3 is 0 Å². The van der Waals surface area contributed by atoms with Gasteiger partial charge in [-0.05, 0) is 42.8 Å². The van der Waals surface area contributed by atoms with Gasteiger partial charge in [0.15, 0.2) is 17.3 Å². The van der Waals surface area contributed by atoms with Crippen LogP contribution in [0.1, 0.15) is 22.8 Å². The number of ether oxygens (including phenoxy) is 3. The van der Waals surface area contributed by atoms with Crippen molar-refractivity contribution in [1.29, 1.82) is 0 Å². The quantitative estimate of drug-likeness (QED) is 0.872. The SMILES string of the molecule is CCOc1ccc2c(c1)OCC(=Cc1ccc(OC)c(O)c1)C2=O. The molecular weight excluding hydrogens is 308 g/mol. The van der Waals surface area contributed by atoms with Gasteiger partial charge in [0.05, 0.1) is 19.3 Å². The van der Waals surface area contributed by atoms with Crippen molar-refractivity contribution < 1.29 is 24.1 Å². The van der Waals surface area contributed by atoms with E-state index in [2.05, 4.69) is 0 Å². The number of ketones is 1. The molecule has 0 spiro atoms. The van der Waals surface area contributed by atoms with Gasteiger partial charge in [-0.2, -0.15) is 0 Å². The van der Waals surface area contributed by atoms with Gasteiger partial charge in [0, 0.05) is 11.6 Å². The average Bonchev–Trinajstić information content (AvgIpc) is 2.58. The van der Waals surface area contributed by atoms with Crippen molar-refractivity contribution in [2.75, 3.05) is 20.3 Å². The van der Waals surface area contributed by atoms with E-state index in [-0.39, 0.29) is 18.1 Å². The van der Waals surface area contributed by atoms with E-state index >= 15 is 0 Å². The fourth-order valence-electron chi connectivity index (χ4n) is 2.57. The molecule has 0 fully saturated rings. The van der Waals surface area contributed by atoms with Gasteiger partial charge in [0.1, 0.15) is 18.1 Å². The first-order valence-corrected chi connectivity index (χ1v) is 7.64. The molecule has 1 aliphatic rings. The van der Waals surface area contributed by atoms with Crippen LogP contribution < -0.4 is 14.2 Å². The summed E-state index contributed by atoms with van der Waals surface area (Å²) in [6.07, 6.45) is 1.71. The van der Waals surface area contributed by atoms with Gasteiger partial charge in [0.25, 0.3) is 0 Å². The molecule has 1 heterocycles. The van der Waals surface area contributed by atoms with Crippen molar-refractivity contribution >= 4 is 11.9 Å². The number of fused-ring (bicyclic) bond motifs is 1. The smallest absolute Gasteiger partial charge is 0.196 e. The van der Waals surface area contributed by atoms with Gasteiger partial charge in [-0.1, -0.05) is 6.07 Å². The second kappa shape index (κ2) is 6.66. The number of phenolic OH excluding ortho intramolecular Hbond substituents is 1. The highest BCUT2D eigenvalue weighted by molar-refractivity contribution is 6.14. The lowest BCUT2D eigenvalue weighted by molar-refractivity contribution is 0.100. The van der Waals surface area contributed by atoms with E-state index in [0.29, 0.717) is 40.6 Å². The highest BCUT2D eigenvalue weighted by Crippen LogP contribution is 2.32. The molecule has 0 atom stereocenters. The first-order chi connectivity index (χ1) is 11.6. The summed E-state index contributed by atoms with van der Waals surface area (Å²) in [5, 5.41) is 9.84. The maximum Gasteiger partial charge on any atom is 0.196 e. The average molecular weight is 326 g/mol. The summed E-state index contributed by atoms with van der Waals surface area (Å²) in [5.74, 6) is 1.53. The van der Waals surface area contributed by atoms with Crippen LogP contribution in [0.15, 0.2) is 42.0 Å². The Kier molecular flexibility index (Phi) is 4.42. The molecule has 0 bridgehead atoms. The third kappa shape index (κ3) is 3.06. The minimum Gasteiger partial charge on any atom is -0.504 e. The molecule has 2 aromatic rings. The lowest BCUT2D eigenvalue weighted by Crippen LogP contribution is -2.19. The minimum absolute atomic E-state index is 0.0257. The minimum atomic E-state index is -0.0883. The van der Waals surface area contributed by atoms with E-state index in [1.54, 1.807) is 42.5 Å². The second-order valence-electron chi connectivity index (χ2n) is 5.31. The van der Waals surface area contributed by atoms with Crippen LogP contribution in [0.4, 0.5) is 0 Å². The van der Waals surface area contributed by atoms with Crippen molar-refractivity contribution in [2.24, 2.45) is 0 Å². The highest BCUT2D eigenvalue weighted by atomic mass is 16.5. The van der Waals surface area contributed by atoms with E-state index in [0.717, 1.165) is 0 Å². The fourth-order valence-corrected chi connectivity index (χ4v) is 2.57. The summed E-state index contributed by atoms with van der Waals surface area (Å²) in [6.45, 7) is 2.63. The van der Waals surface area contributed by atoms with E-state index in [1.165, 1.54) is 7.11 Å². The largest absolute Gasteiger partial charge is 0.504 e. The Morgan fingerprint density at radius 3 is 2.79 bits per heavy atom. The van der Waals surface area contributed by atoms with Crippen molar-refractivity contribution in [3.63, 3.8) is 0 Å². The van der Waals surface area contributed by atoms with Gasteiger partial charge in [-0.3, -0.25) is 4.79 Å². The van der Waals surface area contributed by atoms with Crippen LogP contribution in [-0.4, -0.2) is 31.2 Å². The topological polar surface area (TPSA) is 65.0 Å². The molecule has 0 unspecified atom stereocenters. The van der Waals surface area contributed by atoms with Gasteiger partial charge in [-0.15, -0.1) is 0 Å². The molecule has 0 aromatic heterocycles. The Morgan fingerprint density at radius 2 is 2.08 bits per heavy atom. The second-order valence-corrected chi connectivity index (χ2v) is 5.31. The standard InChI is InChI=1S/C19H18O5/c1-3-23-14-5-6-15-18(10-14)24-11-13(19(15)21)8-12-4-7-17(22-2)16(20)9-12/h4-10,20H,3,11H2,1-2H3. The molecule has 1 N–H and O–H groups in total. The van der Waals surface area contributed by atoms with Gasteiger partial charge < -0.3 is 19.3 Å². The molecule has 3 rings (SSSR count). The molecule has 5 heteroatoms. The Morgan fingerprint density at radius 1 is 1.25 bits per heavy atom. The lowest BCUT2D eigenvalue weighted by Gasteiger charge is -2.19. The van der Waals surface area contributed by atoms with Crippen LogP contribution in [0.2, 0.25) is 0 Å². The highest BCUT2D eigenvalue weighted by Gasteiger charge is 2.23. The number of benzene rings is 2. The predicted octanol–water partition coefficient (Wildman–Crippen LogP) is 3.46. The maximum absolute atomic E-state index is 12.6. The van der Waals surface area contributed by atoms with Crippen molar-refractivity contribution in [1.82, 2.24) is 0 Å². The summed E-state index contributed by atoms with van der Waals surface area (Å²) in [5.41, 5.74) is 1.74. The normalized spacial score (nSPS) is 14.9. The Bertz CT molecular complexity index is 807. The van der Waals surface area contributed by atoms with Crippen LogP contribution in [0, 0.1) is 0 Å². The van der Waals surface area contributed by atoms with Crippen molar-refractivity contribution in [2.45, 2.75) is 6.92 Å². The number of rotatable bonds is 4. The van der Waals surface area contributed by atoms with E-state index in [9.17, 15) is 9.90 Å². The molecule has 124 valence electrons. The lowest BCUT2D eigenvalue weighted by atomic mass is 9.98. The summed E-state index contributed by atoms with van der Waals surface area (Å²) >= 11 is 0. The van der Waals surface area contributed by atoms with Crippen molar-refractivity contribution in [3.8, 4) is 23.0 Å².